The normalized spacial score (nSPS) is 12.7. The minimum Gasteiger partial charge on any atom is -0.505 e. The molecule has 110 valence electrons. The molecule has 0 aliphatic carbocycles. The standard InChI is InChI=1S/C16H14BNO4/c1-3-20-16-9-13(5-7-15(16)18-2)22-12-4-6-14-11(8-12)10-21-17(14)19/h4-9,19H,3,10H2,1H3. The Bertz CT molecular complexity index is 741. The highest BCUT2D eigenvalue weighted by atomic mass is 16.5. The number of rotatable bonds is 4. The van der Waals surface area contributed by atoms with Crippen molar-refractivity contribution in [3.8, 4) is 17.2 Å². The molecule has 1 aliphatic rings. The first-order valence-corrected chi connectivity index (χ1v) is 6.96. The van der Waals surface area contributed by atoms with Gasteiger partial charge in [0.25, 0.3) is 0 Å². The lowest BCUT2D eigenvalue weighted by molar-refractivity contribution is 0.275. The van der Waals surface area contributed by atoms with E-state index >= 15 is 0 Å². The lowest BCUT2D eigenvalue weighted by atomic mass is 9.80. The number of benzene rings is 2. The van der Waals surface area contributed by atoms with Crippen LogP contribution in [0.4, 0.5) is 5.69 Å². The second kappa shape index (κ2) is 6.10. The Hall–Kier alpha value is -2.49. The van der Waals surface area contributed by atoms with Gasteiger partial charge in [-0.2, -0.15) is 0 Å². The number of hydrogen-bond donors (Lipinski definition) is 1. The molecule has 0 aromatic heterocycles. The third-order valence-electron chi connectivity index (χ3n) is 3.36. The van der Waals surface area contributed by atoms with Gasteiger partial charge in [-0.15, -0.1) is 0 Å². The van der Waals surface area contributed by atoms with Crippen LogP contribution in [0.5, 0.6) is 17.2 Å². The van der Waals surface area contributed by atoms with Crippen molar-refractivity contribution < 1.29 is 19.2 Å². The Balaban J connectivity index is 1.84. The predicted molar refractivity (Wildman–Crippen MR) is 82.8 cm³/mol. The summed E-state index contributed by atoms with van der Waals surface area (Å²) in [7, 11) is -0.855. The van der Waals surface area contributed by atoms with E-state index in [9.17, 15) is 5.02 Å². The van der Waals surface area contributed by atoms with Gasteiger partial charge in [-0.05, 0) is 42.2 Å². The number of fused-ring (bicyclic) bond motifs is 1. The van der Waals surface area contributed by atoms with Crippen molar-refractivity contribution in [1.29, 1.82) is 0 Å². The van der Waals surface area contributed by atoms with Gasteiger partial charge in [0.1, 0.15) is 17.2 Å². The molecule has 0 amide bonds. The second-order valence-corrected chi connectivity index (χ2v) is 4.80. The third-order valence-corrected chi connectivity index (χ3v) is 3.36. The average Bonchev–Trinajstić information content (AvgIpc) is 2.89. The predicted octanol–water partition coefficient (Wildman–Crippen LogP) is 2.65. The summed E-state index contributed by atoms with van der Waals surface area (Å²) >= 11 is 0. The monoisotopic (exact) mass is 295 g/mol. The molecule has 0 unspecified atom stereocenters. The molecule has 0 fully saturated rings. The fourth-order valence-corrected chi connectivity index (χ4v) is 2.33. The van der Waals surface area contributed by atoms with E-state index in [1.54, 1.807) is 30.3 Å². The van der Waals surface area contributed by atoms with Crippen LogP contribution in [0.25, 0.3) is 4.85 Å². The molecule has 2 aromatic rings. The molecule has 0 bridgehead atoms. The van der Waals surface area contributed by atoms with Crippen LogP contribution >= 0.6 is 0 Å². The Morgan fingerprint density at radius 1 is 1.27 bits per heavy atom. The zero-order valence-electron chi connectivity index (χ0n) is 12.1. The molecule has 0 radical (unpaired) electrons. The zero-order valence-corrected chi connectivity index (χ0v) is 12.1. The van der Waals surface area contributed by atoms with Gasteiger partial charge < -0.3 is 19.2 Å². The van der Waals surface area contributed by atoms with Crippen LogP contribution < -0.4 is 14.9 Å². The van der Waals surface area contributed by atoms with Gasteiger partial charge in [0.2, 0.25) is 5.69 Å². The minimum absolute atomic E-state index is 0.370. The highest BCUT2D eigenvalue weighted by Gasteiger charge is 2.27. The van der Waals surface area contributed by atoms with Crippen molar-refractivity contribution in [2.45, 2.75) is 13.5 Å². The largest absolute Gasteiger partial charge is 0.505 e. The maximum Gasteiger partial charge on any atom is 0.491 e. The molecule has 0 saturated carbocycles. The first kappa shape index (κ1) is 14.5. The summed E-state index contributed by atoms with van der Waals surface area (Å²) in [5.74, 6) is 1.75. The van der Waals surface area contributed by atoms with E-state index < -0.39 is 7.12 Å². The molecule has 3 rings (SSSR count). The van der Waals surface area contributed by atoms with E-state index in [1.165, 1.54) is 0 Å². The van der Waals surface area contributed by atoms with Crippen molar-refractivity contribution >= 4 is 18.3 Å². The van der Waals surface area contributed by atoms with Crippen molar-refractivity contribution in [3.63, 3.8) is 0 Å². The number of nitrogens with zero attached hydrogens (tertiary/aromatic N) is 1. The number of ether oxygens (including phenoxy) is 2. The fourth-order valence-electron chi connectivity index (χ4n) is 2.33. The van der Waals surface area contributed by atoms with Gasteiger partial charge in [-0.3, -0.25) is 0 Å². The maximum absolute atomic E-state index is 9.61. The van der Waals surface area contributed by atoms with Crippen LogP contribution in [0.3, 0.4) is 0 Å². The van der Waals surface area contributed by atoms with Crippen LogP contribution in [-0.4, -0.2) is 18.7 Å². The SMILES string of the molecule is [C-]#[N+]c1ccc(Oc2ccc3c(c2)COB3O)cc1OCC. The quantitative estimate of drug-likeness (QED) is 0.696. The highest BCUT2D eigenvalue weighted by Crippen LogP contribution is 2.34. The highest BCUT2D eigenvalue weighted by molar-refractivity contribution is 6.61. The summed E-state index contributed by atoms with van der Waals surface area (Å²) in [4.78, 5) is 3.42. The summed E-state index contributed by atoms with van der Waals surface area (Å²) in [6.45, 7) is 9.85. The van der Waals surface area contributed by atoms with E-state index in [-0.39, 0.29) is 0 Å². The molecule has 0 spiro atoms. The topological polar surface area (TPSA) is 52.3 Å². The molecule has 1 N–H and O–H groups in total. The smallest absolute Gasteiger partial charge is 0.491 e. The number of hydrogen-bond acceptors (Lipinski definition) is 4. The molecule has 22 heavy (non-hydrogen) atoms. The van der Waals surface area contributed by atoms with E-state index in [2.05, 4.69) is 4.85 Å². The van der Waals surface area contributed by atoms with E-state index in [0.29, 0.717) is 36.1 Å². The Morgan fingerprint density at radius 2 is 2.05 bits per heavy atom. The van der Waals surface area contributed by atoms with E-state index in [1.807, 2.05) is 13.0 Å². The lowest BCUT2D eigenvalue weighted by Gasteiger charge is -2.10. The van der Waals surface area contributed by atoms with Crippen molar-refractivity contribution in [2.24, 2.45) is 0 Å². The fraction of sp³-hybridized carbons (Fsp3) is 0.188. The van der Waals surface area contributed by atoms with Crippen LogP contribution in [0.2, 0.25) is 0 Å². The summed E-state index contributed by atoms with van der Waals surface area (Å²) in [5, 5.41) is 9.61. The molecule has 6 heteroatoms. The van der Waals surface area contributed by atoms with Crippen molar-refractivity contribution in [1.82, 2.24) is 0 Å². The Morgan fingerprint density at radius 3 is 2.82 bits per heavy atom. The van der Waals surface area contributed by atoms with Gasteiger partial charge in [0.15, 0.2) is 0 Å². The Kier molecular flexibility index (Phi) is 4.01. The molecular weight excluding hydrogens is 281 g/mol. The molecular formula is C16H14BNO4. The van der Waals surface area contributed by atoms with Crippen LogP contribution in [0.15, 0.2) is 36.4 Å². The lowest BCUT2D eigenvalue weighted by Crippen LogP contribution is -2.27. The third kappa shape index (κ3) is 2.77. The van der Waals surface area contributed by atoms with Gasteiger partial charge >= 0.3 is 7.12 Å². The zero-order chi connectivity index (χ0) is 15.5. The van der Waals surface area contributed by atoms with Crippen LogP contribution in [0, 0.1) is 6.57 Å². The van der Waals surface area contributed by atoms with Gasteiger partial charge in [-0.1, -0.05) is 6.07 Å². The Labute approximate surface area is 129 Å². The summed E-state index contributed by atoms with van der Waals surface area (Å²) in [5.41, 5.74) is 2.14. The van der Waals surface area contributed by atoms with E-state index in [0.717, 1.165) is 11.0 Å². The summed E-state index contributed by atoms with van der Waals surface area (Å²) in [6.07, 6.45) is 0. The first-order valence-electron chi connectivity index (χ1n) is 6.96. The van der Waals surface area contributed by atoms with E-state index in [4.69, 9.17) is 20.7 Å². The maximum atomic E-state index is 9.61. The molecule has 0 atom stereocenters. The van der Waals surface area contributed by atoms with Crippen LogP contribution in [-0.2, 0) is 11.3 Å². The van der Waals surface area contributed by atoms with Gasteiger partial charge in [0, 0.05) is 6.07 Å². The summed E-state index contributed by atoms with van der Waals surface area (Å²) in [6, 6.07) is 10.5. The molecule has 5 nitrogen and oxygen atoms in total. The molecule has 0 saturated heterocycles. The first-order chi connectivity index (χ1) is 10.7. The summed E-state index contributed by atoms with van der Waals surface area (Å²) < 4.78 is 16.4. The molecule has 1 aliphatic heterocycles. The van der Waals surface area contributed by atoms with Crippen molar-refractivity contribution in [3.05, 3.63) is 53.4 Å². The van der Waals surface area contributed by atoms with Gasteiger partial charge in [0.05, 0.1) is 19.8 Å². The molecule has 2 aromatic carbocycles. The van der Waals surface area contributed by atoms with Gasteiger partial charge in [-0.25, -0.2) is 4.85 Å². The average molecular weight is 295 g/mol. The molecule has 1 heterocycles. The second-order valence-electron chi connectivity index (χ2n) is 4.80. The minimum atomic E-state index is -0.855. The van der Waals surface area contributed by atoms with Crippen molar-refractivity contribution in [2.75, 3.05) is 6.61 Å². The van der Waals surface area contributed by atoms with Crippen LogP contribution in [0.1, 0.15) is 12.5 Å².